The van der Waals surface area contributed by atoms with Crippen LogP contribution in [0.5, 0.6) is 5.75 Å². The van der Waals surface area contributed by atoms with Crippen LogP contribution in [-0.2, 0) is 6.54 Å². The SMILES string of the molecule is COc1ccc(CN2[C@@H]3CCC[C@H]2CC(NC(=O)c2cccc(C)c2)C3)cc1. The highest BCUT2D eigenvalue weighted by atomic mass is 16.5. The average molecular weight is 379 g/mol. The topological polar surface area (TPSA) is 41.6 Å². The van der Waals surface area contributed by atoms with Gasteiger partial charge in [0.2, 0.25) is 0 Å². The lowest BCUT2D eigenvalue weighted by Crippen LogP contribution is -2.56. The van der Waals surface area contributed by atoms with Gasteiger partial charge in [-0.25, -0.2) is 0 Å². The molecule has 28 heavy (non-hydrogen) atoms. The number of methoxy groups -OCH3 is 1. The largest absolute Gasteiger partial charge is 0.497 e. The molecule has 0 aliphatic carbocycles. The second kappa shape index (κ2) is 8.36. The Labute approximate surface area is 167 Å². The molecule has 2 saturated heterocycles. The lowest BCUT2D eigenvalue weighted by molar-refractivity contribution is 0.0177. The molecule has 2 aromatic carbocycles. The highest BCUT2D eigenvalue weighted by molar-refractivity contribution is 5.94. The minimum absolute atomic E-state index is 0.0652. The van der Waals surface area contributed by atoms with Gasteiger partial charge in [-0.3, -0.25) is 9.69 Å². The molecule has 0 saturated carbocycles. The number of hydrogen-bond donors (Lipinski definition) is 1. The third-order valence-corrected chi connectivity index (χ3v) is 6.27. The van der Waals surface area contributed by atoms with Crippen LogP contribution in [0.25, 0.3) is 0 Å². The van der Waals surface area contributed by atoms with Crippen LogP contribution in [0.4, 0.5) is 0 Å². The molecule has 2 fully saturated rings. The molecule has 0 spiro atoms. The predicted molar refractivity (Wildman–Crippen MR) is 112 cm³/mol. The fraction of sp³-hybridized carbons (Fsp3) is 0.458. The van der Waals surface area contributed by atoms with Crippen molar-refractivity contribution in [1.29, 1.82) is 0 Å². The maximum absolute atomic E-state index is 12.7. The number of ether oxygens (including phenoxy) is 1. The normalized spacial score (nSPS) is 24.6. The van der Waals surface area contributed by atoms with Crippen molar-refractivity contribution in [2.75, 3.05) is 7.11 Å². The molecule has 3 atom stereocenters. The van der Waals surface area contributed by atoms with Crippen molar-refractivity contribution in [3.8, 4) is 5.75 Å². The van der Waals surface area contributed by atoms with E-state index in [0.29, 0.717) is 12.1 Å². The van der Waals surface area contributed by atoms with E-state index in [0.717, 1.165) is 36.3 Å². The molecule has 2 aliphatic rings. The van der Waals surface area contributed by atoms with Crippen molar-refractivity contribution in [3.05, 3.63) is 65.2 Å². The number of benzene rings is 2. The molecule has 1 N–H and O–H groups in total. The van der Waals surface area contributed by atoms with Crippen molar-refractivity contribution in [1.82, 2.24) is 10.2 Å². The Hall–Kier alpha value is -2.33. The monoisotopic (exact) mass is 378 g/mol. The minimum Gasteiger partial charge on any atom is -0.497 e. The second-order valence-electron chi connectivity index (χ2n) is 8.27. The zero-order valence-electron chi connectivity index (χ0n) is 16.9. The number of aryl methyl sites for hydroxylation is 1. The third-order valence-electron chi connectivity index (χ3n) is 6.27. The number of piperidine rings is 2. The van der Waals surface area contributed by atoms with E-state index in [1.165, 1.54) is 24.8 Å². The van der Waals surface area contributed by atoms with Crippen LogP contribution in [0.3, 0.4) is 0 Å². The number of carbonyl (C=O) groups is 1. The zero-order valence-corrected chi connectivity index (χ0v) is 16.9. The van der Waals surface area contributed by atoms with Gasteiger partial charge >= 0.3 is 0 Å². The standard InChI is InChI=1S/C24H30N2O2/c1-17-5-3-6-19(13-17)24(27)25-20-14-21-7-4-8-22(15-20)26(21)16-18-9-11-23(28-2)12-10-18/h3,5-6,9-13,20-22H,4,7-8,14-16H2,1-2H3,(H,25,27)/t20?,21-,22+. The number of hydrogen-bond acceptors (Lipinski definition) is 3. The fourth-order valence-electron chi connectivity index (χ4n) is 4.85. The molecule has 1 amide bonds. The van der Waals surface area contributed by atoms with E-state index >= 15 is 0 Å². The minimum atomic E-state index is 0.0652. The molecule has 4 nitrogen and oxygen atoms in total. The number of carbonyl (C=O) groups excluding carboxylic acids is 1. The Kier molecular flexibility index (Phi) is 5.67. The van der Waals surface area contributed by atoms with Gasteiger partial charge in [0.05, 0.1) is 7.11 Å². The Balaban J connectivity index is 1.40. The van der Waals surface area contributed by atoms with E-state index in [1.807, 2.05) is 43.3 Å². The van der Waals surface area contributed by atoms with Crippen molar-refractivity contribution in [2.24, 2.45) is 0 Å². The summed E-state index contributed by atoms with van der Waals surface area (Å²) < 4.78 is 5.27. The van der Waals surface area contributed by atoms with Crippen LogP contribution >= 0.6 is 0 Å². The molecule has 0 radical (unpaired) electrons. The Morgan fingerprint density at radius 1 is 1.11 bits per heavy atom. The number of rotatable bonds is 5. The van der Waals surface area contributed by atoms with Gasteiger partial charge in [-0.05, 0) is 62.4 Å². The zero-order chi connectivity index (χ0) is 19.5. The highest BCUT2D eigenvalue weighted by Gasteiger charge is 2.38. The Morgan fingerprint density at radius 3 is 2.46 bits per heavy atom. The molecule has 4 rings (SSSR count). The summed E-state index contributed by atoms with van der Waals surface area (Å²) in [5.74, 6) is 0.969. The smallest absolute Gasteiger partial charge is 0.251 e. The molecule has 2 aromatic rings. The first-order chi connectivity index (χ1) is 13.6. The Morgan fingerprint density at radius 2 is 1.82 bits per heavy atom. The van der Waals surface area contributed by atoms with E-state index in [-0.39, 0.29) is 11.9 Å². The van der Waals surface area contributed by atoms with E-state index in [4.69, 9.17) is 4.74 Å². The molecule has 0 aromatic heterocycles. The second-order valence-corrected chi connectivity index (χ2v) is 8.27. The molecule has 2 bridgehead atoms. The van der Waals surface area contributed by atoms with Crippen molar-refractivity contribution >= 4 is 5.91 Å². The van der Waals surface area contributed by atoms with Gasteiger partial charge < -0.3 is 10.1 Å². The quantitative estimate of drug-likeness (QED) is 0.842. The molecule has 2 heterocycles. The summed E-state index contributed by atoms with van der Waals surface area (Å²) in [6, 6.07) is 17.7. The molecule has 2 aliphatic heterocycles. The summed E-state index contributed by atoms with van der Waals surface area (Å²) in [6.45, 7) is 3.01. The molecule has 4 heteroatoms. The maximum Gasteiger partial charge on any atom is 0.251 e. The van der Waals surface area contributed by atoms with Gasteiger partial charge in [-0.1, -0.05) is 36.2 Å². The van der Waals surface area contributed by atoms with Gasteiger partial charge in [0.1, 0.15) is 5.75 Å². The fourth-order valence-corrected chi connectivity index (χ4v) is 4.85. The number of nitrogens with zero attached hydrogens (tertiary/aromatic N) is 1. The predicted octanol–water partition coefficient (Wildman–Crippen LogP) is 4.32. The third kappa shape index (κ3) is 4.22. The number of amides is 1. The first-order valence-corrected chi connectivity index (χ1v) is 10.4. The molecular formula is C24H30N2O2. The van der Waals surface area contributed by atoms with Crippen molar-refractivity contribution in [3.63, 3.8) is 0 Å². The van der Waals surface area contributed by atoms with Crippen LogP contribution in [0.15, 0.2) is 48.5 Å². The van der Waals surface area contributed by atoms with Gasteiger partial charge in [-0.15, -0.1) is 0 Å². The van der Waals surface area contributed by atoms with Crippen LogP contribution in [0.2, 0.25) is 0 Å². The molecular weight excluding hydrogens is 348 g/mol. The molecule has 148 valence electrons. The van der Waals surface area contributed by atoms with E-state index < -0.39 is 0 Å². The number of nitrogens with one attached hydrogen (secondary N) is 1. The summed E-state index contributed by atoms with van der Waals surface area (Å²) in [6.07, 6.45) is 5.84. The van der Waals surface area contributed by atoms with Crippen LogP contribution < -0.4 is 10.1 Å². The summed E-state index contributed by atoms with van der Waals surface area (Å²) >= 11 is 0. The van der Waals surface area contributed by atoms with Crippen molar-refractivity contribution in [2.45, 2.75) is 63.7 Å². The average Bonchev–Trinajstić information content (AvgIpc) is 2.69. The first-order valence-electron chi connectivity index (χ1n) is 10.4. The summed E-state index contributed by atoms with van der Waals surface area (Å²) in [4.78, 5) is 15.3. The summed E-state index contributed by atoms with van der Waals surface area (Å²) in [5, 5.41) is 3.31. The van der Waals surface area contributed by atoms with E-state index in [2.05, 4.69) is 22.3 Å². The van der Waals surface area contributed by atoms with E-state index in [1.54, 1.807) is 7.11 Å². The van der Waals surface area contributed by atoms with Gasteiger partial charge in [-0.2, -0.15) is 0 Å². The van der Waals surface area contributed by atoms with Crippen LogP contribution in [-0.4, -0.2) is 36.0 Å². The van der Waals surface area contributed by atoms with Crippen molar-refractivity contribution < 1.29 is 9.53 Å². The Bertz CT molecular complexity index is 804. The highest BCUT2D eigenvalue weighted by Crippen LogP contribution is 2.35. The molecule has 1 unspecified atom stereocenters. The number of fused-ring (bicyclic) bond motifs is 2. The van der Waals surface area contributed by atoms with E-state index in [9.17, 15) is 4.79 Å². The van der Waals surface area contributed by atoms with Gasteiger partial charge in [0.15, 0.2) is 0 Å². The first kappa shape index (κ1) is 19.0. The summed E-state index contributed by atoms with van der Waals surface area (Å²) in [5.41, 5.74) is 3.23. The summed E-state index contributed by atoms with van der Waals surface area (Å²) in [7, 11) is 1.70. The van der Waals surface area contributed by atoms with Crippen LogP contribution in [0.1, 0.15) is 53.6 Å². The van der Waals surface area contributed by atoms with Gasteiger partial charge in [0.25, 0.3) is 5.91 Å². The van der Waals surface area contributed by atoms with Gasteiger partial charge in [0, 0.05) is 30.2 Å². The van der Waals surface area contributed by atoms with Crippen LogP contribution in [0, 0.1) is 6.92 Å². The maximum atomic E-state index is 12.7. The lowest BCUT2D eigenvalue weighted by Gasteiger charge is -2.49. The lowest BCUT2D eigenvalue weighted by atomic mass is 9.81.